The molecule has 15 heavy (non-hydrogen) atoms. The highest BCUT2D eigenvalue weighted by Gasteiger charge is 2.42. The van der Waals surface area contributed by atoms with E-state index in [9.17, 15) is 4.79 Å². The van der Waals surface area contributed by atoms with Crippen molar-refractivity contribution in [3.8, 4) is 0 Å². The molecule has 1 aromatic rings. The number of benzene rings is 1. The van der Waals surface area contributed by atoms with Gasteiger partial charge in [0, 0.05) is 5.41 Å². The molecule has 2 N–H and O–H groups in total. The lowest BCUT2D eigenvalue weighted by molar-refractivity contribution is -0.129. The minimum atomic E-state index is -0.561. The van der Waals surface area contributed by atoms with Crippen molar-refractivity contribution in [1.82, 2.24) is 0 Å². The standard InChI is InChI=1S/C13H19NO/c1-12(2,13(3,4)11(14)15)10-8-6-5-7-9-10/h5-9H,1-4H3,(H2,14,15). The van der Waals surface area contributed by atoms with Crippen molar-refractivity contribution in [3.05, 3.63) is 35.9 Å². The van der Waals surface area contributed by atoms with Gasteiger partial charge in [-0.2, -0.15) is 0 Å². The number of nitrogens with two attached hydrogens (primary N) is 1. The number of amides is 1. The van der Waals surface area contributed by atoms with Crippen LogP contribution in [0.3, 0.4) is 0 Å². The molecule has 1 aromatic carbocycles. The lowest BCUT2D eigenvalue weighted by atomic mass is 9.64. The Morgan fingerprint density at radius 2 is 1.53 bits per heavy atom. The Morgan fingerprint density at radius 1 is 1.07 bits per heavy atom. The molecule has 0 saturated carbocycles. The Balaban J connectivity index is 3.19. The van der Waals surface area contributed by atoms with Gasteiger partial charge in [0.15, 0.2) is 0 Å². The molecule has 0 atom stereocenters. The van der Waals surface area contributed by atoms with E-state index in [0.717, 1.165) is 5.56 Å². The van der Waals surface area contributed by atoms with Gasteiger partial charge in [0.1, 0.15) is 0 Å². The number of hydrogen-bond acceptors (Lipinski definition) is 1. The van der Waals surface area contributed by atoms with Gasteiger partial charge in [0.25, 0.3) is 0 Å². The highest BCUT2D eigenvalue weighted by atomic mass is 16.1. The molecule has 82 valence electrons. The van der Waals surface area contributed by atoms with Crippen LogP contribution in [0.5, 0.6) is 0 Å². The molecule has 0 unspecified atom stereocenters. The van der Waals surface area contributed by atoms with Gasteiger partial charge in [-0.15, -0.1) is 0 Å². The van der Waals surface area contributed by atoms with Crippen LogP contribution in [0, 0.1) is 5.41 Å². The van der Waals surface area contributed by atoms with Gasteiger partial charge in [0.2, 0.25) is 5.91 Å². The predicted molar refractivity (Wildman–Crippen MR) is 62.4 cm³/mol. The number of carbonyl (C=O) groups is 1. The Morgan fingerprint density at radius 3 is 1.93 bits per heavy atom. The molecule has 0 spiro atoms. The average molecular weight is 205 g/mol. The van der Waals surface area contributed by atoms with E-state index in [4.69, 9.17) is 5.73 Å². The smallest absolute Gasteiger partial charge is 0.223 e. The second-order valence-electron chi connectivity index (χ2n) is 4.98. The lowest BCUT2D eigenvalue weighted by Crippen LogP contribution is -2.46. The molecule has 0 aromatic heterocycles. The maximum atomic E-state index is 11.5. The first-order valence-corrected chi connectivity index (χ1v) is 5.15. The van der Waals surface area contributed by atoms with Crippen LogP contribution < -0.4 is 5.73 Å². The maximum Gasteiger partial charge on any atom is 0.223 e. The molecule has 0 radical (unpaired) electrons. The van der Waals surface area contributed by atoms with Crippen molar-refractivity contribution < 1.29 is 4.79 Å². The normalized spacial score (nSPS) is 12.5. The van der Waals surface area contributed by atoms with Crippen LogP contribution in [0.4, 0.5) is 0 Å². The van der Waals surface area contributed by atoms with Crippen molar-refractivity contribution in [1.29, 1.82) is 0 Å². The third-order valence-electron chi connectivity index (χ3n) is 3.67. The van der Waals surface area contributed by atoms with Crippen LogP contribution >= 0.6 is 0 Å². The molecule has 0 saturated heterocycles. The van der Waals surface area contributed by atoms with E-state index < -0.39 is 5.41 Å². The first-order chi connectivity index (χ1) is 6.80. The van der Waals surface area contributed by atoms with Crippen molar-refractivity contribution in [2.45, 2.75) is 33.1 Å². The SMILES string of the molecule is CC(C)(C(N)=O)C(C)(C)c1ccccc1. The zero-order valence-corrected chi connectivity index (χ0v) is 9.87. The third-order valence-corrected chi connectivity index (χ3v) is 3.67. The molecule has 0 aliphatic rings. The lowest BCUT2D eigenvalue weighted by Gasteiger charge is -2.39. The van der Waals surface area contributed by atoms with Gasteiger partial charge < -0.3 is 5.73 Å². The molecule has 0 aliphatic heterocycles. The van der Waals surface area contributed by atoms with Crippen LogP contribution in [0.2, 0.25) is 0 Å². The van der Waals surface area contributed by atoms with Crippen LogP contribution in [0.25, 0.3) is 0 Å². The predicted octanol–water partition coefficient (Wildman–Crippen LogP) is 2.48. The first kappa shape index (κ1) is 11.8. The fraction of sp³-hybridized carbons (Fsp3) is 0.462. The summed E-state index contributed by atoms with van der Waals surface area (Å²) in [6.45, 7) is 7.88. The zero-order chi connectivity index (χ0) is 11.7. The second-order valence-corrected chi connectivity index (χ2v) is 4.98. The molecular weight excluding hydrogens is 186 g/mol. The van der Waals surface area contributed by atoms with Crippen molar-refractivity contribution in [2.24, 2.45) is 11.1 Å². The molecular formula is C13H19NO. The minimum absolute atomic E-state index is 0.264. The third kappa shape index (κ3) is 1.89. The monoisotopic (exact) mass is 205 g/mol. The van der Waals surface area contributed by atoms with Gasteiger partial charge >= 0.3 is 0 Å². The summed E-state index contributed by atoms with van der Waals surface area (Å²) in [5, 5.41) is 0. The summed E-state index contributed by atoms with van der Waals surface area (Å²) in [5.74, 6) is -0.267. The Kier molecular flexibility index (Phi) is 2.89. The van der Waals surface area contributed by atoms with Crippen molar-refractivity contribution in [3.63, 3.8) is 0 Å². The minimum Gasteiger partial charge on any atom is -0.369 e. The van der Waals surface area contributed by atoms with Gasteiger partial charge in [-0.05, 0) is 5.56 Å². The summed E-state index contributed by atoms with van der Waals surface area (Å²) >= 11 is 0. The first-order valence-electron chi connectivity index (χ1n) is 5.15. The summed E-state index contributed by atoms with van der Waals surface area (Å²) in [5.41, 5.74) is 5.76. The Bertz CT molecular complexity index is 352. The van der Waals surface area contributed by atoms with Crippen LogP contribution in [-0.2, 0) is 10.2 Å². The van der Waals surface area contributed by atoms with Crippen LogP contribution in [0.1, 0.15) is 33.3 Å². The molecule has 1 amide bonds. The summed E-state index contributed by atoms with van der Waals surface area (Å²) < 4.78 is 0. The number of primary amides is 1. The summed E-state index contributed by atoms with van der Waals surface area (Å²) in [4.78, 5) is 11.5. The van der Waals surface area contributed by atoms with Crippen molar-refractivity contribution in [2.75, 3.05) is 0 Å². The summed E-state index contributed by atoms with van der Waals surface area (Å²) in [7, 11) is 0. The zero-order valence-electron chi connectivity index (χ0n) is 9.87. The number of rotatable bonds is 3. The highest BCUT2D eigenvalue weighted by Crippen LogP contribution is 2.40. The van der Waals surface area contributed by atoms with E-state index in [-0.39, 0.29) is 11.3 Å². The number of hydrogen-bond donors (Lipinski definition) is 1. The number of carbonyl (C=O) groups excluding carboxylic acids is 1. The van der Waals surface area contributed by atoms with Crippen LogP contribution in [-0.4, -0.2) is 5.91 Å². The van der Waals surface area contributed by atoms with E-state index in [2.05, 4.69) is 0 Å². The average Bonchev–Trinajstić information content (AvgIpc) is 2.18. The molecule has 0 heterocycles. The molecule has 2 nitrogen and oxygen atoms in total. The Labute approximate surface area is 91.5 Å². The summed E-state index contributed by atoms with van der Waals surface area (Å²) in [6.07, 6.45) is 0. The molecule has 2 heteroatoms. The molecule has 0 aliphatic carbocycles. The van der Waals surface area contributed by atoms with E-state index in [0.29, 0.717) is 0 Å². The van der Waals surface area contributed by atoms with Gasteiger partial charge in [-0.3, -0.25) is 4.79 Å². The maximum absolute atomic E-state index is 11.5. The van der Waals surface area contributed by atoms with E-state index >= 15 is 0 Å². The van der Waals surface area contributed by atoms with Gasteiger partial charge in [-0.1, -0.05) is 58.0 Å². The molecule has 0 fully saturated rings. The molecule has 0 bridgehead atoms. The largest absolute Gasteiger partial charge is 0.369 e. The van der Waals surface area contributed by atoms with E-state index in [1.54, 1.807) is 0 Å². The van der Waals surface area contributed by atoms with E-state index in [1.807, 2.05) is 58.0 Å². The molecule has 1 rings (SSSR count). The quantitative estimate of drug-likeness (QED) is 0.809. The van der Waals surface area contributed by atoms with Crippen LogP contribution in [0.15, 0.2) is 30.3 Å². The topological polar surface area (TPSA) is 43.1 Å². The van der Waals surface area contributed by atoms with Gasteiger partial charge in [-0.25, -0.2) is 0 Å². The van der Waals surface area contributed by atoms with E-state index in [1.165, 1.54) is 0 Å². The highest BCUT2D eigenvalue weighted by molar-refractivity contribution is 5.82. The fourth-order valence-corrected chi connectivity index (χ4v) is 1.52. The fourth-order valence-electron chi connectivity index (χ4n) is 1.52. The second kappa shape index (κ2) is 3.69. The van der Waals surface area contributed by atoms with Crippen molar-refractivity contribution >= 4 is 5.91 Å². The van der Waals surface area contributed by atoms with Gasteiger partial charge in [0.05, 0.1) is 5.41 Å². The summed E-state index contributed by atoms with van der Waals surface area (Å²) in [6, 6.07) is 9.99. The Hall–Kier alpha value is -1.31.